The van der Waals surface area contributed by atoms with Gasteiger partial charge in [-0.2, -0.15) is 0 Å². The number of methoxy groups -OCH3 is 1. The standard InChI is InChI=1S/C23H22ClNO4S/c1-4-15-8-5-6-11-18(15)29-13-19(26)25-22-21(23(27)28-3)20(14(2)30-22)16-9-7-10-17(24)12-16/h5-12H,4,13H2,1-3H3,(H,25,26). The Morgan fingerprint density at radius 3 is 2.60 bits per heavy atom. The maximum atomic E-state index is 12.6. The van der Waals surface area contributed by atoms with Crippen LogP contribution in [-0.2, 0) is 16.0 Å². The number of thiophene rings is 1. The highest BCUT2D eigenvalue weighted by Crippen LogP contribution is 2.41. The first-order valence-electron chi connectivity index (χ1n) is 9.42. The van der Waals surface area contributed by atoms with Gasteiger partial charge in [-0.3, -0.25) is 4.79 Å². The average molecular weight is 444 g/mol. The fraction of sp³-hybridized carbons (Fsp3) is 0.217. The van der Waals surface area contributed by atoms with Crippen LogP contribution in [0.25, 0.3) is 11.1 Å². The number of amides is 1. The van der Waals surface area contributed by atoms with Gasteiger partial charge < -0.3 is 14.8 Å². The third kappa shape index (κ3) is 4.83. The number of hydrogen-bond donors (Lipinski definition) is 1. The zero-order valence-electron chi connectivity index (χ0n) is 17.0. The molecule has 3 aromatic rings. The van der Waals surface area contributed by atoms with E-state index in [1.165, 1.54) is 18.4 Å². The number of benzene rings is 2. The molecule has 156 valence electrons. The molecule has 0 radical (unpaired) electrons. The molecule has 30 heavy (non-hydrogen) atoms. The van der Waals surface area contributed by atoms with E-state index in [1.807, 2.05) is 50.2 Å². The number of anilines is 1. The Morgan fingerprint density at radius 1 is 1.13 bits per heavy atom. The molecule has 0 aliphatic heterocycles. The normalized spacial score (nSPS) is 10.5. The Bertz CT molecular complexity index is 1080. The van der Waals surface area contributed by atoms with Crippen LogP contribution in [0.4, 0.5) is 5.00 Å². The van der Waals surface area contributed by atoms with Crippen LogP contribution in [0.1, 0.15) is 27.7 Å². The number of aryl methyl sites for hydroxylation is 2. The molecule has 0 saturated heterocycles. The molecule has 0 unspecified atom stereocenters. The van der Waals surface area contributed by atoms with E-state index in [2.05, 4.69) is 5.32 Å². The van der Waals surface area contributed by atoms with E-state index in [9.17, 15) is 9.59 Å². The van der Waals surface area contributed by atoms with Crippen molar-refractivity contribution in [1.29, 1.82) is 0 Å². The topological polar surface area (TPSA) is 64.6 Å². The van der Waals surface area contributed by atoms with Gasteiger partial charge >= 0.3 is 5.97 Å². The number of nitrogens with one attached hydrogen (secondary N) is 1. The average Bonchev–Trinajstić information content (AvgIpc) is 3.07. The van der Waals surface area contributed by atoms with Gasteiger partial charge in [-0.15, -0.1) is 11.3 Å². The number of rotatable bonds is 7. The maximum absolute atomic E-state index is 12.6. The molecular weight excluding hydrogens is 422 g/mol. The van der Waals surface area contributed by atoms with Gasteiger partial charge in [-0.05, 0) is 42.7 Å². The summed E-state index contributed by atoms with van der Waals surface area (Å²) in [6, 6.07) is 14.8. The molecule has 0 bridgehead atoms. The Morgan fingerprint density at radius 2 is 1.90 bits per heavy atom. The Labute approximate surface area is 184 Å². The minimum Gasteiger partial charge on any atom is -0.483 e. The Kier molecular flexibility index (Phi) is 7.13. The highest BCUT2D eigenvalue weighted by Gasteiger charge is 2.25. The van der Waals surface area contributed by atoms with Crippen LogP contribution >= 0.6 is 22.9 Å². The largest absolute Gasteiger partial charge is 0.483 e. The van der Waals surface area contributed by atoms with E-state index in [4.69, 9.17) is 21.1 Å². The van der Waals surface area contributed by atoms with Gasteiger partial charge in [0.2, 0.25) is 0 Å². The van der Waals surface area contributed by atoms with Crippen molar-refractivity contribution < 1.29 is 19.1 Å². The minimum absolute atomic E-state index is 0.166. The van der Waals surface area contributed by atoms with Crippen LogP contribution < -0.4 is 10.1 Å². The number of carbonyl (C=O) groups excluding carboxylic acids is 2. The van der Waals surface area contributed by atoms with Crippen molar-refractivity contribution in [2.45, 2.75) is 20.3 Å². The summed E-state index contributed by atoms with van der Waals surface area (Å²) in [6.45, 7) is 3.74. The summed E-state index contributed by atoms with van der Waals surface area (Å²) in [6.07, 6.45) is 0.803. The monoisotopic (exact) mass is 443 g/mol. The first-order valence-corrected chi connectivity index (χ1v) is 10.6. The van der Waals surface area contributed by atoms with Gasteiger partial charge in [-0.25, -0.2) is 4.79 Å². The van der Waals surface area contributed by atoms with Gasteiger partial charge in [0.05, 0.1) is 7.11 Å². The fourth-order valence-corrected chi connectivity index (χ4v) is 4.43. The lowest BCUT2D eigenvalue weighted by Crippen LogP contribution is -2.21. The van der Waals surface area contributed by atoms with Crippen LogP contribution in [0.15, 0.2) is 48.5 Å². The molecular formula is C23H22ClNO4S. The molecule has 0 fully saturated rings. The molecule has 1 aromatic heterocycles. The van der Waals surface area contributed by atoms with Gasteiger partial charge in [-0.1, -0.05) is 48.9 Å². The molecule has 0 aliphatic carbocycles. The summed E-state index contributed by atoms with van der Waals surface area (Å²) >= 11 is 7.44. The van der Waals surface area contributed by atoms with Crippen molar-refractivity contribution in [3.8, 4) is 16.9 Å². The third-order valence-electron chi connectivity index (χ3n) is 4.55. The maximum Gasteiger partial charge on any atom is 0.341 e. The molecule has 0 spiro atoms. The fourth-order valence-electron chi connectivity index (χ4n) is 3.16. The first-order chi connectivity index (χ1) is 14.4. The second-order valence-corrected chi connectivity index (χ2v) is 8.20. The lowest BCUT2D eigenvalue weighted by atomic mass is 10.0. The lowest BCUT2D eigenvalue weighted by Gasteiger charge is -2.11. The van der Waals surface area contributed by atoms with Crippen molar-refractivity contribution in [3.05, 3.63) is 69.6 Å². The van der Waals surface area contributed by atoms with Crippen molar-refractivity contribution in [2.75, 3.05) is 19.0 Å². The molecule has 1 heterocycles. The van der Waals surface area contributed by atoms with E-state index >= 15 is 0 Å². The van der Waals surface area contributed by atoms with E-state index < -0.39 is 5.97 Å². The highest BCUT2D eigenvalue weighted by molar-refractivity contribution is 7.17. The van der Waals surface area contributed by atoms with E-state index in [-0.39, 0.29) is 12.5 Å². The smallest absolute Gasteiger partial charge is 0.341 e. The minimum atomic E-state index is -0.526. The zero-order valence-corrected chi connectivity index (χ0v) is 18.5. The molecule has 1 N–H and O–H groups in total. The predicted molar refractivity (Wildman–Crippen MR) is 121 cm³/mol. The summed E-state index contributed by atoms with van der Waals surface area (Å²) in [5.74, 6) is -0.211. The van der Waals surface area contributed by atoms with Gasteiger partial charge in [0.25, 0.3) is 5.91 Å². The van der Waals surface area contributed by atoms with E-state index in [1.54, 1.807) is 12.1 Å². The Balaban J connectivity index is 1.86. The number of esters is 1. The summed E-state index contributed by atoms with van der Waals surface area (Å²) in [4.78, 5) is 26.0. The van der Waals surface area contributed by atoms with Crippen LogP contribution in [0, 0.1) is 6.92 Å². The van der Waals surface area contributed by atoms with Crippen LogP contribution in [0.5, 0.6) is 5.75 Å². The van der Waals surface area contributed by atoms with Crippen molar-refractivity contribution in [3.63, 3.8) is 0 Å². The zero-order chi connectivity index (χ0) is 21.7. The summed E-state index contributed by atoms with van der Waals surface area (Å²) in [7, 11) is 1.31. The molecule has 1 amide bonds. The number of para-hydroxylation sites is 1. The van der Waals surface area contributed by atoms with E-state index in [0.29, 0.717) is 26.9 Å². The van der Waals surface area contributed by atoms with Gasteiger partial charge in [0, 0.05) is 15.5 Å². The highest BCUT2D eigenvalue weighted by atomic mass is 35.5. The molecule has 0 saturated carbocycles. The Hall–Kier alpha value is -2.83. The van der Waals surface area contributed by atoms with E-state index in [0.717, 1.165) is 22.4 Å². The summed E-state index contributed by atoms with van der Waals surface area (Å²) < 4.78 is 10.7. The quantitative estimate of drug-likeness (QED) is 0.472. The molecule has 0 atom stereocenters. The van der Waals surface area contributed by atoms with Crippen molar-refractivity contribution >= 4 is 39.8 Å². The summed E-state index contributed by atoms with van der Waals surface area (Å²) in [5, 5.41) is 3.78. The van der Waals surface area contributed by atoms with Crippen molar-refractivity contribution in [1.82, 2.24) is 0 Å². The molecule has 0 aliphatic rings. The molecule has 2 aromatic carbocycles. The first kappa shape index (κ1) is 21.9. The second-order valence-electron chi connectivity index (χ2n) is 6.54. The van der Waals surface area contributed by atoms with Crippen LogP contribution in [0.2, 0.25) is 5.02 Å². The third-order valence-corrected chi connectivity index (χ3v) is 5.81. The van der Waals surface area contributed by atoms with Crippen LogP contribution in [0.3, 0.4) is 0 Å². The number of hydrogen-bond acceptors (Lipinski definition) is 5. The number of carbonyl (C=O) groups is 2. The van der Waals surface area contributed by atoms with Crippen LogP contribution in [-0.4, -0.2) is 25.6 Å². The predicted octanol–water partition coefficient (Wildman–Crippen LogP) is 5.74. The molecule has 3 rings (SSSR count). The SMILES string of the molecule is CCc1ccccc1OCC(=O)Nc1sc(C)c(-c2cccc(Cl)c2)c1C(=O)OC. The molecule has 5 nitrogen and oxygen atoms in total. The second kappa shape index (κ2) is 9.78. The number of halogens is 1. The van der Waals surface area contributed by atoms with Crippen molar-refractivity contribution in [2.24, 2.45) is 0 Å². The lowest BCUT2D eigenvalue weighted by molar-refractivity contribution is -0.118. The summed E-state index contributed by atoms with van der Waals surface area (Å²) in [5.41, 5.74) is 2.81. The number of ether oxygens (including phenoxy) is 2. The van der Waals surface area contributed by atoms with Gasteiger partial charge in [0.15, 0.2) is 6.61 Å². The molecule has 7 heteroatoms. The van der Waals surface area contributed by atoms with Gasteiger partial charge in [0.1, 0.15) is 16.3 Å².